The van der Waals surface area contributed by atoms with Gasteiger partial charge in [-0.1, -0.05) is 17.3 Å². The van der Waals surface area contributed by atoms with E-state index >= 15 is 0 Å². The zero-order chi connectivity index (χ0) is 15.1. The third-order valence-electron chi connectivity index (χ3n) is 3.16. The predicted octanol–water partition coefficient (Wildman–Crippen LogP) is 1.86. The molecule has 0 bridgehead atoms. The van der Waals surface area contributed by atoms with E-state index in [0.29, 0.717) is 12.3 Å². The molecule has 1 aromatic rings. The zero-order valence-electron chi connectivity index (χ0n) is 12.3. The smallest absolute Gasteiger partial charge is 0.230 e. The van der Waals surface area contributed by atoms with Crippen LogP contribution in [0.2, 0.25) is 0 Å². The Hall–Kier alpha value is -1.69. The van der Waals surface area contributed by atoms with E-state index in [-0.39, 0.29) is 12.0 Å². The van der Waals surface area contributed by atoms with Gasteiger partial charge in [0.2, 0.25) is 5.91 Å². The third-order valence-corrected chi connectivity index (χ3v) is 3.71. The van der Waals surface area contributed by atoms with Crippen LogP contribution in [0.25, 0.3) is 0 Å². The second-order valence-corrected chi connectivity index (χ2v) is 5.72. The summed E-state index contributed by atoms with van der Waals surface area (Å²) in [5.41, 5.74) is 2.18. The van der Waals surface area contributed by atoms with Crippen LogP contribution >= 0.6 is 11.8 Å². The molecular weight excluding hydrogens is 288 g/mol. The quantitative estimate of drug-likeness (QED) is 0.835. The molecule has 114 valence electrons. The van der Waals surface area contributed by atoms with Crippen molar-refractivity contribution in [2.45, 2.75) is 18.9 Å². The average molecular weight is 308 g/mol. The zero-order valence-corrected chi connectivity index (χ0v) is 13.1. The van der Waals surface area contributed by atoms with Crippen LogP contribution in [0.5, 0.6) is 5.75 Å². The minimum atomic E-state index is -0.0518. The number of benzene rings is 1. The number of hydrogen-bond donors (Lipinski definition) is 1. The van der Waals surface area contributed by atoms with Crippen molar-refractivity contribution in [3.8, 4) is 5.75 Å². The summed E-state index contributed by atoms with van der Waals surface area (Å²) in [6, 6.07) is 7.92. The SMILES string of the molecule is COc1ccc(CC2=NOC(CNC(=O)CSC)C2)cc1. The largest absolute Gasteiger partial charge is 0.497 e. The van der Waals surface area contributed by atoms with Crippen LogP contribution in [0.15, 0.2) is 29.4 Å². The molecule has 6 heteroatoms. The molecule has 1 aliphatic heterocycles. The molecule has 0 radical (unpaired) electrons. The van der Waals surface area contributed by atoms with Crippen molar-refractivity contribution in [1.29, 1.82) is 0 Å². The summed E-state index contributed by atoms with van der Waals surface area (Å²) in [4.78, 5) is 16.7. The lowest BCUT2D eigenvalue weighted by Gasteiger charge is -2.09. The minimum absolute atomic E-state index is 0.0368. The fraction of sp³-hybridized carbons (Fsp3) is 0.467. The topological polar surface area (TPSA) is 59.9 Å². The Morgan fingerprint density at radius 3 is 2.90 bits per heavy atom. The van der Waals surface area contributed by atoms with E-state index in [1.807, 2.05) is 30.5 Å². The number of hydrogen-bond acceptors (Lipinski definition) is 5. The summed E-state index contributed by atoms with van der Waals surface area (Å²) in [6.45, 7) is 0.509. The highest BCUT2D eigenvalue weighted by molar-refractivity contribution is 7.99. The molecule has 0 saturated carbocycles. The van der Waals surface area contributed by atoms with Gasteiger partial charge in [-0.25, -0.2) is 0 Å². The van der Waals surface area contributed by atoms with Gasteiger partial charge in [0.05, 0.1) is 25.1 Å². The summed E-state index contributed by atoms with van der Waals surface area (Å²) in [7, 11) is 1.65. The highest BCUT2D eigenvalue weighted by Gasteiger charge is 2.21. The maximum atomic E-state index is 11.4. The van der Waals surface area contributed by atoms with Crippen LogP contribution in [-0.4, -0.2) is 43.4 Å². The highest BCUT2D eigenvalue weighted by atomic mass is 32.2. The number of amides is 1. The van der Waals surface area contributed by atoms with Crippen LogP contribution < -0.4 is 10.1 Å². The first kappa shape index (κ1) is 15.7. The van der Waals surface area contributed by atoms with Crippen molar-refractivity contribution in [2.75, 3.05) is 25.7 Å². The second-order valence-electron chi connectivity index (χ2n) is 4.85. The Morgan fingerprint density at radius 1 is 1.48 bits per heavy atom. The number of rotatable bonds is 7. The molecule has 0 fully saturated rings. The van der Waals surface area contributed by atoms with Gasteiger partial charge in [0.1, 0.15) is 11.9 Å². The Labute approximate surface area is 129 Å². The first-order valence-corrected chi connectivity index (χ1v) is 8.20. The summed E-state index contributed by atoms with van der Waals surface area (Å²) >= 11 is 1.51. The van der Waals surface area contributed by atoms with Crippen molar-refractivity contribution in [3.63, 3.8) is 0 Å². The lowest BCUT2D eigenvalue weighted by Crippen LogP contribution is -2.33. The van der Waals surface area contributed by atoms with Crippen LogP contribution in [0, 0.1) is 0 Å². The first-order chi connectivity index (χ1) is 10.2. The van der Waals surface area contributed by atoms with E-state index in [0.717, 1.165) is 24.3 Å². The fourth-order valence-electron chi connectivity index (χ4n) is 2.09. The Kier molecular flexibility index (Phi) is 5.92. The maximum Gasteiger partial charge on any atom is 0.230 e. The van der Waals surface area contributed by atoms with Crippen molar-refractivity contribution in [2.24, 2.45) is 5.16 Å². The van der Waals surface area contributed by atoms with E-state index in [2.05, 4.69) is 10.5 Å². The second kappa shape index (κ2) is 7.93. The summed E-state index contributed by atoms with van der Waals surface area (Å²) in [5, 5.41) is 6.96. The number of ether oxygens (including phenoxy) is 1. The standard InChI is InChI=1S/C15H20N2O3S/c1-19-13-5-3-11(4-6-13)7-12-8-14(20-17-12)9-16-15(18)10-21-2/h3-6,14H,7-10H2,1-2H3,(H,16,18). The molecule has 1 aliphatic rings. The Balaban J connectivity index is 1.75. The number of carbonyl (C=O) groups excluding carboxylic acids is 1. The van der Waals surface area contributed by atoms with E-state index < -0.39 is 0 Å². The summed E-state index contributed by atoms with van der Waals surface area (Å²) < 4.78 is 5.13. The molecule has 21 heavy (non-hydrogen) atoms. The molecule has 0 spiro atoms. The van der Waals surface area contributed by atoms with Crippen LogP contribution in [0.4, 0.5) is 0 Å². The molecule has 1 amide bonds. The number of nitrogens with one attached hydrogen (secondary N) is 1. The van der Waals surface area contributed by atoms with Crippen molar-refractivity contribution in [1.82, 2.24) is 5.32 Å². The number of nitrogens with zero attached hydrogens (tertiary/aromatic N) is 1. The lowest BCUT2D eigenvalue weighted by molar-refractivity contribution is -0.119. The van der Waals surface area contributed by atoms with Gasteiger partial charge in [0.15, 0.2) is 0 Å². The monoisotopic (exact) mass is 308 g/mol. The molecule has 5 nitrogen and oxygen atoms in total. The molecular formula is C15H20N2O3S. The van der Waals surface area contributed by atoms with Gasteiger partial charge in [-0.3, -0.25) is 4.79 Å². The van der Waals surface area contributed by atoms with E-state index in [1.54, 1.807) is 7.11 Å². The van der Waals surface area contributed by atoms with E-state index in [1.165, 1.54) is 17.3 Å². The number of oxime groups is 1. The van der Waals surface area contributed by atoms with Gasteiger partial charge in [0.25, 0.3) is 0 Å². The number of carbonyl (C=O) groups is 1. The van der Waals surface area contributed by atoms with Gasteiger partial charge in [-0.2, -0.15) is 11.8 Å². The van der Waals surface area contributed by atoms with Gasteiger partial charge in [0, 0.05) is 12.8 Å². The molecule has 1 atom stereocenters. The molecule has 0 aliphatic carbocycles. The fourth-order valence-corrected chi connectivity index (χ4v) is 2.45. The molecule has 1 N–H and O–H groups in total. The maximum absolute atomic E-state index is 11.4. The number of methoxy groups -OCH3 is 1. The number of thioether (sulfide) groups is 1. The van der Waals surface area contributed by atoms with Gasteiger partial charge in [-0.05, 0) is 24.0 Å². The molecule has 0 aromatic heterocycles. The molecule has 1 unspecified atom stereocenters. The highest BCUT2D eigenvalue weighted by Crippen LogP contribution is 2.16. The summed E-state index contributed by atoms with van der Waals surface area (Å²) in [6.07, 6.45) is 3.37. The average Bonchev–Trinajstić information content (AvgIpc) is 2.94. The normalized spacial score (nSPS) is 17.0. The lowest BCUT2D eigenvalue weighted by atomic mass is 10.0. The third kappa shape index (κ3) is 4.97. The first-order valence-electron chi connectivity index (χ1n) is 6.81. The van der Waals surface area contributed by atoms with E-state index in [4.69, 9.17) is 9.57 Å². The van der Waals surface area contributed by atoms with Gasteiger partial charge >= 0.3 is 0 Å². The summed E-state index contributed by atoms with van der Waals surface area (Å²) in [5.74, 6) is 1.36. The molecule has 1 aromatic carbocycles. The van der Waals surface area contributed by atoms with E-state index in [9.17, 15) is 4.79 Å². The molecule has 2 rings (SSSR count). The Morgan fingerprint density at radius 2 is 2.24 bits per heavy atom. The van der Waals surface area contributed by atoms with Crippen LogP contribution in [0.3, 0.4) is 0 Å². The van der Waals surface area contributed by atoms with Crippen LogP contribution in [0.1, 0.15) is 12.0 Å². The molecule has 0 saturated heterocycles. The molecule has 1 heterocycles. The van der Waals surface area contributed by atoms with Gasteiger partial charge in [-0.15, -0.1) is 0 Å². The Bertz CT molecular complexity index is 502. The van der Waals surface area contributed by atoms with Crippen molar-refractivity contribution in [3.05, 3.63) is 29.8 Å². The van der Waals surface area contributed by atoms with Crippen molar-refractivity contribution >= 4 is 23.4 Å². The van der Waals surface area contributed by atoms with Gasteiger partial charge < -0.3 is 14.9 Å². The minimum Gasteiger partial charge on any atom is -0.497 e. The van der Waals surface area contributed by atoms with Crippen LogP contribution in [-0.2, 0) is 16.1 Å². The predicted molar refractivity (Wildman–Crippen MR) is 85.0 cm³/mol. The van der Waals surface area contributed by atoms with Crippen molar-refractivity contribution < 1.29 is 14.4 Å².